The maximum Gasteiger partial charge on any atom is 0.241 e. The summed E-state index contributed by atoms with van der Waals surface area (Å²) in [5.41, 5.74) is 0.873. The number of nitrogens with zero attached hydrogens (tertiary/aromatic N) is 5. The van der Waals surface area contributed by atoms with Crippen molar-refractivity contribution in [1.29, 1.82) is 0 Å². The van der Waals surface area contributed by atoms with E-state index in [1.165, 1.54) is 0 Å². The number of benzene rings is 1. The fraction of sp³-hybridized carbons (Fsp3) is 0.444. The molecular weight excluding hydrogens is 332 g/mol. The second-order valence-corrected chi connectivity index (χ2v) is 6.99. The summed E-state index contributed by atoms with van der Waals surface area (Å²) >= 11 is 0. The topological polar surface area (TPSA) is 97.9 Å². The summed E-state index contributed by atoms with van der Waals surface area (Å²) in [5, 5.41) is 26.7. The fourth-order valence-corrected chi connectivity index (χ4v) is 3.74. The molecule has 8 heteroatoms. The standard InChI is InChI=1S/C18H22N6O2/c1-23-11-20-21-18(23)13-6-14(16(25)7-13)8-19-17(26)10-24-9-12-4-2-3-5-15(12)22-24/h2-5,9,11,13-14,16,25H,6-8,10H2,1H3,(H,19,26)/t13-,14+,16+/m0/s1. The molecule has 0 aliphatic heterocycles. The lowest BCUT2D eigenvalue weighted by Gasteiger charge is -2.15. The van der Waals surface area contributed by atoms with Crippen molar-refractivity contribution < 1.29 is 9.90 Å². The number of fused-ring (bicyclic) bond motifs is 1. The summed E-state index contributed by atoms with van der Waals surface area (Å²) in [6.45, 7) is 0.624. The number of carbonyl (C=O) groups excluding carboxylic acids is 1. The van der Waals surface area contributed by atoms with Crippen LogP contribution in [0.1, 0.15) is 24.6 Å². The van der Waals surface area contributed by atoms with Crippen LogP contribution >= 0.6 is 0 Å². The molecule has 26 heavy (non-hydrogen) atoms. The Kier molecular flexibility index (Phi) is 4.42. The van der Waals surface area contributed by atoms with Crippen LogP contribution in [0, 0.1) is 5.92 Å². The molecule has 136 valence electrons. The van der Waals surface area contributed by atoms with Crippen LogP contribution in [-0.2, 0) is 18.4 Å². The summed E-state index contributed by atoms with van der Waals surface area (Å²) in [4.78, 5) is 12.2. The molecule has 1 fully saturated rings. The highest BCUT2D eigenvalue weighted by Crippen LogP contribution is 2.37. The van der Waals surface area contributed by atoms with Gasteiger partial charge >= 0.3 is 0 Å². The summed E-state index contributed by atoms with van der Waals surface area (Å²) in [6.07, 6.45) is 4.54. The lowest BCUT2D eigenvalue weighted by atomic mass is 10.0. The van der Waals surface area contributed by atoms with Gasteiger partial charge in [0.05, 0.1) is 11.6 Å². The predicted molar refractivity (Wildman–Crippen MR) is 95.2 cm³/mol. The normalized spacial score (nSPS) is 22.8. The van der Waals surface area contributed by atoms with Gasteiger partial charge < -0.3 is 15.0 Å². The van der Waals surface area contributed by atoms with E-state index in [0.717, 1.165) is 23.1 Å². The molecule has 2 N–H and O–H groups in total. The number of hydrogen-bond donors (Lipinski definition) is 2. The molecule has 1 saturated carbocycles. The highest BCUT2D eigenvalue weighted by Gasteiger charge is 2.35. The second kappa shape index (κ2) is 6.87. The van der Waals surface area contributed by atoms with Crippen molar-refractivity contribution in [3.8, 4) is 0 Å². The van der Waals surface area contributed by atoms with Gasteiger partial charge in [-0.1, -0.05) is 18.2 Å². The quantitative estimate of drug-likeness (QED) is 0.707. The Morgan fingerprint density at radius 1 is 1.35 bits per heavy atom. The van der Waals surface area contributed by atoms with Crippen molar-refractivity contribution in [2.24, 2.45) is 13.0 Å². The summed E-state index contributed by atoms with van der Waals surface area (Å²) in [5.74, 6) is 0.987. The number of rotatable bonds is 5. The Bertz CT molecular complexity index is 884. The third-order valence-corrected chi connectivity index (χ3v) is 5.10. The van der Waals surface area contributed by atoms with E-state index in [1.54, 1.807) is 11.0 Å². The van der Waals surface area contributed by atoms with E-state index in [9.17, 15) is 9.90 Å². The number of aromatic nitrogens is 5. The van der Waals surface area contributed by atoms with Crippen LogP contribution in [0.4, 0.5) is 0 Å². The van der Waals surface area contributed by atoms with Gasteiger partial charge in [-0.3, -0.25) is 9.48 Å². The van der Waals surface area contributed by atoms with Crippen LogP contribution in [0.3, 0.4) is 0 Å². The van der Waals surface area contributed by atoms with E-state index in [0.29, 0.717) is 13.0 Å². The fourth-order valence-electron chi connectivity index (χ4n) is 3.74. The SMILES string of the molecule is Cn1cnnc1[C@H]1C[C@H](CNC(=O)Cn2cc3ccccc3n2)[C@H](O)C1. The number of nitrogens with one attached hydrogen (secondary N) is 1. The number of hydrogen-bond acceptors (Lipinski definition) is 5. The van der Waals surface area contributed by atoms with Crippen LogP contribution in [0.5, 0.6) is 0 Å². The molecule has 0 radical (unpaired) electrons. The van der Waals surface area contributed by atoms with Crippen LogP contribution in [0.15, 0.2) is 36.8 Å². The third kappa shape index (κ3) is 3.32. The molecule has 1 aromatic carbocycles. The minimum Gasteiger partial charge on any atom is -0.393 e. The number of carbonyl (C=O) groups is 1. The van der Waals surface area contributed by atoms with Gasteiger partial charge in [-0.2, -0.15) is 5.10 Å². The zero-order chi connectivity index (χ0) is 18.1. The molecule has 2 heterocycles. The Labute approximate surface area is 150 Å². The molecule has 2 aromatic heterocycles. The Hall–Kier alpha value is -2.74. The predicted octanol–water partition coefficient (Wildman–Crippen LogP) is 0.836. The smallest absolute Gasteiger partial charge is 0.241 e. The summed E-state index contributed by atoms with van der Waals surface area (Å²) < 4.78 is 3.54. The first kappa shape index (κ1) is 16.7. The number of aliphatic hydroxyl groups is 1. The molecule has 1 aliphatic rings. The van der Waals surface area contributed by atoms with Crippen LogP contribution in [-0.4, -0.2) is 48.2 Å². The zero-order valence-corrected chi connectivity index (χ0v) is 14.6. The van der Waals surface area contributed by atoms with Gasteiger partial charge in [0.2, 0.25) is 5.91 Å². The van der Waals surface area contributed by atoms with Crippen molar-refractivity contribution in [1.82, 2.24) is 29.9 Å². The van der Waals surface area contributed by atoms with Crippen molar-refractivity contribution in [3.63, 3.8) is 0 Å². The average molecular weight is 354 g/mol. The lowest BCUT2D eigenvalue weighted by molar-refractivity contribution is -0.122. The number of aliphatic hydroxyl groups excluding tert-OH is 1. The minimum absolute atomic E-state index is 0.0253. The first-order valence-corrected chi connectivity index (χ1v) is 8.81. The van der Waals surface area contributed by atoms with Crippen LogP contribution < -0.4 is 5.32 Å². The molecule has 3 atom stereocenters. The van der Waals surface area contributed by atoms with Gasteiger partial charge in [0.1, 0.15) is 18.7 Å². The summed E-state index contributed by atoms with van der Waals surface area (Å²) in [6, 6.07) is 7.77. The van der Waals surface area contributed by atoms with Crippen LogP contribution in [0.25, 0.3) is 10.9 Å². The average Bonchev–Trinajstić information content (AvgIpc) is 3.30. The van der Waals surface area contributed by atoms with Gasteiger partial charge in [-0.05, 0) is 18.9 Å². The van der Waals surface area contributed by atoms with Gasteiger partial charge in [0.15, 0.2) is 0 Å². The molecular formula is C18H22N6O2. The molecule has 0 unspecified atom stereocenters. The van der Waals surface area contributed by atoms with Crippen molar-refractivity contribution in [2.45, 2.75) is 31.4 Å². The third-order valence-electron chi connectivity index (χ3n) is 5.10. The Balaban J connectivity index is 1.32. The largest absolute Gasteiger partial charge is 0.393 e. The van der Waals surface area contributed by atoms with E-state index in [-0.39, 0.29) is 24.3 Å². The first-order chi connectivity index (χ1) is 12.6. The van der Waals surface area contributed by atoms with E-state index in [4.69, 9.17) is 0 Å². The first-order valence-electron chi connectivity index (χ1n) is 8.81. The molecule has 4 rings (SSSR count). The molecule has 1 aliphatic carbocycles. The van der Waals surface area contributed by atoms with E-state index >= 15 is 0 Å². The zero-order valence-electron chi connectivity index (χ0n) is 14.6. The van der Waals surface area contributed by atoms with Crippen molar-refractivity contribution in [3.05, 3.63) is 42.6 Å². The Morgan fingerprint density at radius 3 is 2.96 bits per heavy atom. The second-order valence-electron chi connectivity index (χ2n) is 6.99. The van der Waals surface area contributed by atoms with E-state index < -0.39 is 6.10 Å². The lowest BCUT2D eigenvalue weighted by Crippen LogP contribution is -2.34. The molecule has 0 bridgehead atoms. The monoisotopic (exact) mass is 354 g/mol. The molecule has 3 aromatic rings. The van der Waals surface area contributed by atoms with Crippen molar-refractivity contribution >= 4 is 16.8 Å². The summed E-state index contributed by atoms with van der Waals surface area (Å²) in [7, 11) is 1.91. The minimum atomic E-state index is -0.440. The van der Waals surface area contributed by atoms with Gasteiger partial charge in [-0.25, -0.2) is 0 Å². The Morgan fingerprint density at radius 2 is 2.19 bits per heavy atom. The molecule has 1 amide bonds. The van der Waals surface area contributed by atoms with E-state index in [1.807, 2.05) is 42.1 Å². The highest BCUT2D eigenvalue weighted by molar-refractivity contribution is 5.79. The maximum atomic E-state index is 12.2. The van der Waals surface area contributed by atoms with Gasteiger partial charge in [-0.15, -0.1) is 10.2 Å². The van der Waals surface area contributed by atoms with Crippen molar-refractivity contribution in [2.75, 3.05) is 6.54 Å². The maximum absolute atomic E-state index is 12.2. The van der Waals surface area contributed by atoms with Crippen LogP contribution in [0.2, 0.25) is 0 Å². The number of aryl methyl sites for hydroxylation is 1. The van der Waals surface area contributed by atoms with Gasteiger partial charge in [0, 0.05) is 37.0 Å². The van der Waals surface area contributed by atoms with E-state index in [2.05, 4.69) is 20.6 Å². The molecule has 8 nitrogen and oxygen atoms in total. The molecule has 0 saturated heterocycles. The molecule has 0 spiro atoms. The highest BCUT2D eigenvalue weighted by atomic mass is 16.3. The van der Waals surface area contributed by atoms with Gasteiger partial charge in [0.25, 0.3) is 0 Å². The number of amides is 1.